The van der Waals surface area contributed by atoms with Crippen LogP contribution in [0.15, 0.2) is 42.5 Å². The predicted molar refractivity (Wildman–Crippen MR) is 107 cm³/mol. The van der Waals surface area contributed by atoms with Crippen molar-refractivity contribution in [3.8, 4) is 11.5 Å². The molecule has 0 spiro atoms. The summed E-state index contributed by atoms with van der Waals surface area (Å²) in [5, 5.41) is 19.3. The maximum Gasteiger partial charge on any atom is 0.161 e. The molecule has 0 amide bonds. The minimum absolute atomic E-state index is 0.349. The lowest BCUT2D eigenvalue weighted by molar-refractivity contribution is 0.0891. The Kier molecular flexibility index (Phi) is 5.45. The van der Waals surface area contributed by atoms with Crippen LogP contribution in [0.4, 0.5) is 0 Å². The molecular formula is C21H26N4O3. The Morgan fingerprint density at radius 3 is 2.57 bits per heavy atom. The van der Waals surface area contributed by atoms with E-state index in [0.717, 1.165) is 42.5 Å². The van der Waals surface area contributed by atoms with Crippen LogP contribution in [-0.2, 0) is 0 Å². The average molecular weight is 382 g/mol. The molecule has 0 bridgehead atoms. The van der Waals surface area contributed by atoms with Crippen LogP contribution in [0.2, 0.25) is 0 Å². The molecule has 1 aliphatic rings. The third-order valence-electron chi connectivity index (χ3n) is 5.50. The highest BCUT2D eigenvalue weighted by Crippen LogP contribution is 2.31. The molecule has 28 heavy (non-hydrogen) atoms. The number of piperidine rings is 1. The van der Waals surface area contributed by atoms with E-state index in [-0.39, 0.29) is 0 Å². The van der Waals surface area contributed by atoms with E-state index in [1.807, 2.05) is 36.4 Å². The highest BCUT2D eigenvalue weighted by Gasteiger charge is 2.24. The molecule has 1 aliphatic heterocycles. The van der Waals surface area contributed by atoms with Gasteiger partial charge in [0.15, 0.2) is 11.5 Å². The van der Waals surface area contributed by atoms with E-state index < -0.39 is 6.10 Å². The lowest BCUT2D eigenvalue weighted by Gasteiger charge is -2.33. The van der Waals surface area contributed by atoms with E-state index in [1.54, 1.807) is 14.2 Å². The Labute approximate surface area is 164 Å². The highest BCUT2D eigenvalue weighted by molar-refractivity contribution is 5.73. The summed E-state index contributed by atoms with van der Waals surface area (Å²) in [6.45, 7) is 2.44. The van der Waals surface area contributed by atoms with E-state index >= 15 is 0 Å². The first-order chi connectivity index (χ1) is 13.7. The third kappa shape index (κ3) is 3.68. The molecule has 2 heterocycles. The van der Waals surface area contributed by atoms with Crippen LogP contribution in [0.3, 0.4) is 0 Å². The van der Waals surface area contributed by atoms with Crippen molar-refractivity contribution < 1.29 is 14.6 Å². The molecule has 7 nitrogen and oxygen atoms in total. The Bertz CT molecular complexity index is 934. The van der Waals surface area contributed by atoms with E-state index in [1.165, 1.54) is 0 Å². The van der Waals surface area contributed by atoms with Crippen LogP contribution in [0.1, 0.15) is 30.6 Å². The van der Waals surface area contributed by atoms with Gasteiger partial charge in [0.05, 0.1) is 31.9 Å². The number of hydrogen-bond donors (Lipinski definition) is 1. The number of para-hydroxylation sites is 1. The second kappa shape index (κ2) is 8.16. The topological polar surface area (TPSA) is 72.6 Å². The zero-order valence-electron chi connectivity index (χ0n) is 16.3. The van der Waals surface area contributed by atoms with Crippen LogP contribution in [-0.4, -0.2) is 58.9 Å². The number of benzene rings is 2. The molecule has 2 aromatic carbocycles. The van der Waals surface area contributed by atoms with Gasteiger partial charge in [0.25, 0.3) is 0 Å². The molecule has 4 rings (SSSR count). The predicted octanol–water partition coefficient (Wildman–Crippen LogP) is 2.82. The average Bonchev–Trinajstić information content (AvgIpc) is 3.18. The van der Waals surface area contributed by atoms with Gasteiger partial charge in [-0.15, -0.1) is 5.10 Å². The zero-order valence-corrected chi connectivity index (χ0v) is 16.3. The van der Waals surface area contributed by atoms with Crippen molar-refractivity contribution in [3.63, 3.8) is 0 Å². The van der Waals surface area contributed by atoms with Gasteiger partial charge in [0.2, 0.25) is 0 Å². The molecular weight excluding hydrogens is 356 g/mol. The molecule has 0 radical (unpaired) electrons. The van der Waals surface area contributed by atoms with E-state index in [0.29, 0.717) is 24.1 Å². The second-order valence-electron chi connectivity index (χ2n) is 7.18. The van der Waals surface area contributed by atoms with Crippen LogP contribution in [0, 0.1) is 0 Å². The molecule has 148 valence electrons. The van der Waals surface area contributed by atoms with Crippen molar-refractivity contribution in [2.75, 3.05) is 33.9 Å². The lowest BCUT2D eigenvalue weighted by Crippen LogP contribution is -2.37. The van der Waals surface area contributed by atoms with Gasteiger partial charge in [-0.1, -0.05) is 23.4 Å². The SMILES string of the molecule is COc1ccc(C(O)CN2CCC(n3nnc4ccccc43)CC2)cc1OC. The van der Waals surface area contributed by atoms with E-state index in [9.17, 15) is 5.11 Å². The largest absolute Gasteiger partial charge is 0.493 e. The van der Waals surface area contributed by atoms with Gasteiger partial charge >= 0.3 is 0 Å². The zero-order chi connectivity index (χ0) is 19.5. The Balaban J connectivity index is 1.38. The van der Waals surface area contributed by atoms with E-state index in [4.69, 9.17) is 9.47 Å². The standard InChI is InChI=1S/C21H26N4O3/c1-27-20-8-7-15(13-21(20)28-2)19(26)14-24-11-9-16(10-12-24)25-18-6-4-3-5-17(18)22-23-25/h3-8,13,16,19,26H,9-12,14H2,1-2H3. The fraction of sp³-hybridized carbons (Fsp3) is 0.429. The monoisotopic (exact) mass is 382 g/mol. The summed E-state index contributed by atoms with van der Waals surface area (Å²) in [4.78, 5) is 2.30. The number of ether oxygens (including phenoxy) is 2. The summed E-state index contributed by atoms with van der Waals surface area (Å²) >= 11 is 0. The summed E-state index contributed by atoms with van der Waals surface area (Å²) in [6.07, 6.45) is 1.42. The number of β-amino-alcohol motifs (C(OH)–C–C–N with tert-alkyl or cyclic N) is 1. The normalized spacial score (nSPS) is 17.0. The van der Waals surface area contributed by atoms with Crippen molar-refractivity contribution >= 4 is 11.0 Å². The van der Waals surface area contributed by atoms with Crippen molar-refractivity contribution in [1.82, 2.24) is 19.9 Å². The first-order valence-electron chi connectivity index (χ1n) is 9.62. The number of nitrogens with zero attached hydrogens (tertiary/aromatic N) is 4. The number of rotatable bonds is 6. The summed E-state index contributed by atoms with van der Waals surface area (Å²) in [5.41, 5.74) is 2.86. The van der Waals surface area contributed by atoms with Gasteiger partial charge in [-0.25, -0.2) is 4.68 Å². The Morgan fingerprint density at radius 2 is 1.82 bits per heavy atom. The van der Waals surface area contributed by atoms with E-state index in [2.05, 4.69) is 26.0 Å². The van der Waals surface area contributed by atoms with Crippen molar-refractivity contribution in [2.24, 2.45) is 0 Å². The number of fused-ring (bicyclic) bond motifs is 1. The third-order valence-corrected chi connectivity index (χ3v) is 5.50. The molecule has 1 aromatic heterocycles. The van der Waals surface area contributed by atoms with Crippen LogP contribution in [0.25, 0.3) is 11.0 Å². The van der Waals surface area contributed by atoms with Gasteiger partial charge < -0.3 is 19.5 Å². The smallest absolute Gasteiger partial charge is 0.161 e. The Morgan fingerprint density at radius 1 is 1.07 bits per heavy atom. The minimum Gasteiger partial charge on any atom is -0.493 e. The molecule has 1 saturated heterocycles. The number of hydrogen-bond acceptors (Lipinski definition) is 6. The van der Waals surface area contributed by atoms with Crippen molar-refractivity contribution in [2.45, 2.75) is 25.0 Å². The molecule has 1 fully saturated rings. The molecule has 0 aliphatic carbocycles. The first kappa shape index (κ1) is 18.7. The van der Waals surface area contributed by atoms with Gasteiger partial charge in [0, 0.05) is 19.6 Å². The van der Waals surface area contributed by atoms with Crippen molar-refractivity contribution in [1.29, 1.82) is 0 Å². The first-order valence-corrected chi connectivity index (χ1v) is 9.62. The molecule has 1 N–H and O–H groups in total. The number of methoxy groups -OCH3 is 2. The van der Waals surface area contributed by atoms with Crippen LogP contribution in [0.5, 0.6) is 11.5 Å². The number of likely N-dealkylation sites (tertiary alicyclic amines) is 1. The van der Waals surface area contributed by atoms with Gasteiger partial charge in [-0.05, 0) is 42.7 Å². The second-order valence-corrected chi connectivity index (χ2v) is 7.18. The number of aromatic nitrogens is 3. The van der Waals surface area contributed by atoms with Gasteiger partial charge in [0.1, 0.15) is 5.52 Å². The quantitative estimate of drug-likeness (QED) is 0.707. The summed E-state index contributed by atoms with van der Waals surface area (Å²) in [7, 11) is 3.21. The molecule has 3 aromatic rings. The number of aliphatic hydroxyl groups is 1. The molecule has 1 unspecified atom stereocenters. The summed E-state index contributed by atoms with van der Waals surface area (Å²) < 4.78 is 12.7. The molecule has 0 saturated carbocycles. The minimum atomic E-state index is -0.566. The fourth-order valence-electron chi connectivity index (χ4n) is 3.91. The van der Waals surface area contributed by atoms with Crippen LogP contribution >= 0.6 is 0 Å². The maximum atomic E-state index is 10.7. The highest BCUT2D eigenvalue weighted by atomic mass is 16.5. The molecule has 1 atom stereocenters. The summed E-state index contributed by atoms with van der Waals surface area (Å²) in [6, 6.07) is 14.0. The van der Waals surface area contributed by atoms with Crippen molar-refractivity contribution in [3.05, 3.63) is 48.0 Å². The lowest BCUT2D eigenvalue weighted by atomic mass is 10.0. The van der Waals surface area contributed by atoms with Gasteiger partial charge in [-0.3, -0.25) is 0 Å². The fourth-order valence-corrected chi connectivity index (χ4v) is 3.91. The maximum absolute atomic E-state index is 10.7. The summed E-state index contributed by atoms with van der Waals surface area (Å²) in [5.74, 6) is 1.30. The number of aliphatic hydroxyl groups excluding tert-OH is 1. The Hall–Kier alpha value is -2.64. The molecule has 7 heteroatoms. The van der Waals surface area contributed by atoms with Gasteiger partial charge in [-0.2, -0.15) is 0 Å². The van der Waals surface area contributed by atoms with Crippen LogP contribution < -0.4 is 9.47 Å².